The van der Waals surface area contributed by atoms with E-state index in [0.717, 1.165) is 6.54 Å². The van der Waals surface area contributed by atoms with Gasteiger partial charge in [0.15, 0.2) is 0 Å². The standard InChI is InChI=1S/C8H17NSi/c1-9(2)7-6-8-10(3,4)5/h7H2,1-5H3. The van der Waals surface area contributed by atoms with Crippen molar-refractivity contribution in [3.8, 4) is 11.5 Å². The van der Waals surface area contributed by atoms with E-state index in [-0.39, 0.29) is 0 Å². The summed E-state index contributed by atoms with van der Waals surface area (Å²) in [5, 5.41) is 0. The molecule has 0 aromatic heterocycles. The Balaban J connectivity index is 3.71. The largest absolute Gasteiger partial charge is 0.299 e. The summed E-state index contributed by atoms with van der Waals surface area (Å²) in [5.41, 5.74) is 3.30. The maximum absolute atomic E-state index is 3.30. The summed E-state index contributed by atoms with van der Waals surface area (Å²) in [4.78, 5) is 2.09. The minimum Gasteiger partial charge on any atom is -0.299 e. The summed E-state index contributed by atoms with van der Waals surface area (Å²) >= 11 is 0. The highest BCUT2D eigenvalue weighted by molar-refractivity contribution is 6.83. The highest BCUT2D eigenvalue weighted by Crippen LogP contribution is 1.95. The molecule has 1 nitrogen and oxygen atoms in total. The summed E-state index contributed by atoms with van der Waals surface area (Å²) in [5.74, 6) is 3.16. The van der Waals surface area contributed by atoms with Crippen LogP contribution in [0.1, 0.15) is 0 Å². The van der Waals surface area contributed by atoms with Gasteiger partial charge in [0, 0.05) is 0 Å². The highest BCUT2D eigenvalue weighted by Gasteiger charge is 2.06. The van der Waals surface area contributed by atoms with Crippen LogP contribution in [0.15, 0.2) is 0 Å². The van der Waals surface area contributed by atoms with Crippen LogP contribution in [0.3, 0.4) is 0 Å². The molecule has 0 aliphatic heterocycles. The van der Waals surface area contributed by atoms with Crippen LogP contribution in [0.2, 0.25) is 19.6 Å². The molecule has 58 valence electrons. The normalized spacial score (nSPS) is 11.0. The zero-order valence-electron chi connectivity index (χ0n) is 7.65. The van der Waals surface area contributed by atoms with Crippen molar-refractivity contribution in [2.75, 3.05) is 20.6 Å². The third-order valence-corrected chi connectivity index (χ3v) is 1.79. The molecular formula is C8H17NSi. The van der Waals surface area contributed by atoms with Crippen molar-refractivity contribution in [3.63, 3.8) is 0 Å². The monoisotopic (exact) mass is 155 g/mol. The van der Waals surface area contributed by atoms with Gasteiger partial charge in [-0.15, -0.1) is 5.54 Å². The summed E-state index contributed by atoms with van der Waals surface area (Å²) in [6.07, 6.45) is 0. The van der Waals surface area contributed by atoms with Gasteiger partial charge in [-0.25, -0.2) is 0 Å². The molecule has 0 aromatic carbocycles. The molecule has 0 N–H and O–H groups in total. The van der Waals surface area contributed by atoms with Crippen molar-refractivity contribution in [2.45, 2.75) is 19.6 Å². The van der Waals surface area contributed by atoms with Gasteiger partial charge in [0.25, 0.3) is 0 Å². The fraction of sp³-hybridized carbons (Fsp3) is 0.750. The summed E-state index contributed by atoms with van der Waals surface area (Å²) < 4.78 is 0. The zero-order valence-corrected chi connectivity index (χ0v) is 8.65. The summed E-state index contributed by atoms with van der Waals surface area (Å²) in [6, 6.07) is 0. The average Bonchev–Trinajstić information content (AvgIpc) is 1.59. The summed E-state index contributed by atoms with van der Waals surface area (Å²) in [6.45, 7) is 7.67. The van der Waals surface area contributed by atoms with Gasteiger partial charge >= 0.3 is 0 Å². The molecule has 0 atom stereocenters. The van der Waals surface area contributed by atoms with E-state index >= 15 is 0 Å². The first-order chi connectivity index (χ1) is 4.42. The molecule has 0 saturated carbocycles. The SMILES string of the molecule is CN(C)CC#C[Si](C)(C)C. The molecule has 2 heteroatoms. The van der Waals surface area contributed by atoms with Crippen LogP contribution >= 0.6 is 0 Å². The molecule has 0 radical (unpaired) electrons. The van der Waals surface area contributed by atoms with Crippen LogP contribution in [-0.2, 0) is 0 Å². The van der Waals surface area contributed by atoms with Crippen LogP contribution in [0.5, 0.6) is 0 Å². The molecular weight excluding hydrogens is 138 g/mol. The molecule has 0 aromatic rings. The van der Waals surface area contributed by atoms with E-state index in [1.54, 1.807) is 0 Å². The third-order valence-electron chi connectivity index (χ3n) is 0.859. The Kier molecular flexibility index (Phi) is 3.70. The zero-order chi connectivity index (χ0) is 8.20. The van der Waals surface area contributed by atoms with Crippen LogP contribution in [0, 0.1) is 11.5 Å². The van der Waals surface area contributed by atoms with Crippen molar-refractivity contribution < 1.29 is 0 Å². The lowest BCUT2D eigenvalue weighted by Gasteiger charge is -2.05. The topological polar surface area (TPSA) is 3.24 Å². The van der Waals surface area contributed by atoms with E-state index in [1.807, 2.05) is 14.1 Å². The van der Waals surface area contributed by atoms with Crippen molar-refractivity contribution in [1.29, 1.82) is 0 Å². The second-order valence-corrected chi connectivity index (χ2v) is 8.54. The molecule has 0 rings (SSSR count). The van der Waals surface area contributed by atoms with Gasteiger partial charge in [-0.1, -0.05) is 25.6 Å². The van der Waals surface area contributed by atoms with Gasteiger partial charge in [-0.3, -0.25) is 4.90 Å². The second-order valence-electron chi connectivity index (χ2n) is 3.79. The first-order valence-electron chi connectivity index (χ1n) is 3.56. The summed E-state index contributed by atoms with van der Waals surface area (Å²) in [7, 11) is 2.97. The number of nitrogens with zero attached hydrogens (tertiary/aromatic N) is 1. The van der Waals surface area contributed by atoms with E-state index < -0.39 is 8.07 Å². The lowest BCUT2D eigenvalue weighted by Crippen LogP contribution is -2.18. The van der Waals surface area contributed by atoms with Crippen molar-refractivity contribution in [2.24, 2.45) is 0 Å². The Bertz CT molecular complexity index is 145. The minimum absolute atomic E-state index is 0.893. The second kappa shape index (κ2) is 3.80. The van der Waals surface area contributed by atoms with Crippen LogP contribution < -0.4 is 0 Å². The number of rotatable bonds is 1. The van der Waals surface area contributed by atoms with E-state index in [2.05, 4.69) is 36.0 Å². The molecule has 0 aliphatic carbocycles. The number of hydrogen-bond donors (Lipinski definition) is 0. The molecule has 0 bridgehead atoms. The molecule has 0 amide bonds. The Morgan fingerprint density at radius 2 is 1.70 bits per heavy atom. The van der Waals surface area contributed by atoms with Gasteiger partial charge in [0.05, 0.1) is 6.54 Å². The van der Waals surface area contributed by atoms with E-state index in [0.29, 0.717) is 0 Å². The van der Waals surface area contributed by atoms with Crippen LogP contribution in [-0.4, -0.2) is 33.6 Å². The molecule has 0 unspecified atom stereocenters. The predicted molar refractivity (Wildman–Crippen MR) is 49.7 cm³/mol. The smallest absolute Gasteiger partial charge is 0.129 e. The first-order valence-corrected chi connectivity index (χ1v) is 7.06. The molecule has 0 aliphatic rings. The maximum atomic E-state index is 3.30. The number of hydrogen-bond acceptors (Lipinski definition) is 1. The van der Waals surface area contributed by atoms with E-state index in [9.17, 15) is 0 Å². The lowest BCUT2D eigenvalue weighted by molar-refractivity contribution is 0.464. The van der Waals surface area contributed by atoms with Crippen molar-refractivity contribution in [1.82, 2.24) is 4.90 Å². The molecule has 0 saturated heterocycles. The average molecular weight is 155 g/mol. The lowest BCUT2D eigenvalue weighted by atomic mass is 10.6. The van der Waals surface area contributed by atoms with Crippen molar-refractivity contribution >= 4 is 8.07 Å². The first kappa shape index (κ1) is 9.74. The minimum atomic E-state index is -1.11. The fourth-order valence-corrected chi connectivity index (χ4v) is 1.07. The van der Waals surface area contributed by atoms with Gasteiger partial charge in [-0.05, 0) is 14.1 Å². The van der Waals surface area contributed by atoms with Gasteiger partial charge in [-0.2, -0.15) is 0 Å². The fourth-order valence-electron chi connectivity index (χ4n) is 0.463. The van der Waals surface area contributed by atoms with Gasteiger partial charge in [0.1, 0.15) is 8.07 Å². The molecule has 10 heavy (non-hydrogen) atoms. The van der Waals surface area contributed by atoms with Crippen LogP contribution in [0.25, 0.3) is 0 Å². The maximum Gasteiger partial charge on any atom is 0.129 e. The Morgan fingerprint density at radius 1 is 1.20 bits per heavy atom. The van der Waals surface area contributed by atoms with Crippen molar-refractivity contribution in [3.05, 3.63) is 0 Å². The van der Waals surface area contributed by atoms with Crippen LogP contribution in [0.4, 0.5) is 0 Å². The molecule has 0 fully saturated rings. The Morgan fingerprint density at radius 3 is 2.00 bits per heavy atom. The molecule has 0 heterocycles. The van der Waals surface area contributed by atoms with E-state index in [4.69, 9.17) is 0 Å². The third kappa shape index (κ3) is 7.74. The van der Waals surface area contributed by atoms with E-state index in [1.165, 1.54) is 0 Å². The Hall–Kier alpha value is -0.263. The highest BCUT2D eigenvalue weighted by atomic mass is 28.3. The molecule has 0 spiro atoms. The van der Waals surface area contributed by atoms with Gasteiger partial charge < -0.3 is 0 Å². The van der Waals surface area contributed by atoms with Gasteiger partial charge in [0.2, 0.25) is 0 Å². The predicted octanol–water partition coefficient (Wildman–Crippen LogP) is 1.43. The quantitative estimate of drug-likeness (QED) is 0.409. The Labute approximate surface area is 65.4 Å².